The zero-order valence-corrected chi connectivity index (χ0v) is 9.31. The van der Waals surface area contributed by atoms with Crippen LogP contribution in [0.25, 0.3) is 0 Å². The first-order chi connectivity index (χ1) is 7.74. The van der Waals surface area contributed by atoms with Gasteiger partial charge >= 0.3 is 5.97 Å². The molecule has 88 valence electrons. The number of carboxylic acids is 1. The predicted octanol–water partition coefficient (Wildman–Crippen LogP) is 1.94. The minimum absolute atomic E-state index is 0.290. The Kier molecular flexibility index (Phi) is 5.53. The summed E-state index contributed by atoms with van der Waals surface area (Å²) in [6.07, 6.45) is 0. The summed E-state index contributed by atoms with van der Waals surface area (Å²) in [7, 11) is 0. The van der Waals surface area contributed by atoms with E-state index in [-0.39, 0.29) is 5.56 Å². The van der Waals surface area contributed by atoms with Crippen LogP contribution in [0.4, 0.5) is 0 Å². The van der Waals surface area contributed by atoms with Crippen LogP contribution in [0, 0.1) is 0 Å². The van der Waals surface area contributed by atoms with Gasteiger partial charge in [-0.05, 0) is 24.6 Å². The van der Waals surface area contributed by atoms with Gasteiger partial charge in [-0.3, -0.25) is 0 Å². The van der Waals surface area contributed by atoms with Crippen LogP contribution in [-0.4, -0.2) is 30.9 Å². The highest BCUT2D eigenvalue weighted by atomic mass is 16.5. The second kappa shape index (κ2) is 6.98. The molecule has 0 saturated carbocycles. The van der Waals surface area contributed by atoms with E-state index in [2.05, 4.69) is 0 Å². The molecule has 4 nitrogen and oxygen atoms in total. The largest absolute Gasteiger partial charge is 0.478 e. The molecule has 0 saturated heterocycles. The molecule has 0 amide bonds. The molecule has 0 bridgehead atoms. The van der Waals surface area contributed by atoms with Gasteiger partial charge in [0.25, 0.3) is 0 Å². The molecule has 0 unspecified atom stereocenters. The van der Waals surface area contributed by atoms with Crippen molar-refractivity contribution in [2.75, 3.05) is 19.8 Å². The molecular weight excluding hydrogens is 208 g/mol. The summed E-state index contributed by atoms with van der Waals surface area (Å²) in [6, 6.07) is 6.65. The molecule has 0 aliphatic carbocycles. The van der Waals surface area contributed by atoms with Crippen molar-refractivity contribution >= 4 is 5.97 Å². The maximum absolute atomic E-state index is 10.6. The van der Waals surface area contributed by atoms with E-state index in [9.17, 15) is 4.79 Å². The average molecular weight is 224 g/mol. The number of benzene rings is 1. The van der Waals surface area contributed by atoms with E-state index in [4.69, 9.17) is 14.6 Å². The maximum Gasteiger partial charge on any atom is 0.335 e. The van der Waals surface area contributed by atoms with E-state index in [1.165, 1.54) is 0 Å². The normalized spacial score (nSPS) is 10.3. The van der Waals surface area contributed by atoms with E-state index < -0.39 is 5.97 Å². The second-order valence-corrected chi connectivity index (χ2v) is 3.25. The quantitative estimate of drug-likeness (QED) is 0.719. The van der Waals surface area contributed by atoms with E-state index in [1.807, 2.05) is 6.92 Å². The van der Waals surface area contributed by atoms with Crippen molar-refractivity contribution in [1.29, 1.82) is 0 Å². The van der Waals surface area contributed by atoms with Gasteiger partial charge in [0.05, 0.1) is 25.4 Å². The fourth-order valence-corrected chi connectivity index (χ4v) is 1.20. The Morgan fingerprint density at radius 1 is 1.19 bits per heavy atom. The van der Waals surface area contributed by atoms with Gasteiger partial charge in [-0.1, -0.05) is 12.1 Å². The first-order valence-corrected chi connectivity index (χ1v) is 5.21. The van der Waals surface area contributed by atoms with Crippen LogP contribution in [0.3, 0.4) is 0 Å². The van der Waals surface area contributed by atoms with Crippen molar-refractivity contribution < 1.29 is 19.4 Å². The molecule has 16 heavy (non-hydrogen) atoms. The Hall–Kier alpha value is -1.39. The third kappa shape index (κ3) is 4.42. The Bertz CT molecular complexity index is 318. The molecular formula is C12H16O4. The molecule has 0 aliphatic rings. The van der Waals surface area contributed by atoms with Gasteiger partial charge in [0, 0.05) is 6.61 Å². The summed E-state index contributed by atoms with van der Waals surface area (Å²) >= 11 is 0. The summed E-state index contributed by atoms with van der Waals surface area (Å²) in [5, 5.41) is 8.70. The zero-order chi connectivity index (χ0) is 11.8. The maximum atomic E-state index is 10.6. The Morgan fingerprint density at radius 2 is 1.81 bits per heavy atom. The first-order valence-electron chi connectivity index (χ1n) is 5.21. The lowest BCUT2D eigenvalue weighted by Crippen LogP contribution is -2.04. The monoisotopic (exact) mass is 224 g/mol. The summed E-state index contributed by atoms with van der Waals surface area (Å²) in [5.74, 6) is -0.913. The Morgan fingerprint density at radius 3 is 2.38 bits per heavy atom. The van der Waals surface area contributed by atoms with E-state index >= 15 is 0 Å². The molecule has 0 radical (unpaired) electrons. The van der Waals surface area contributed by atoms with Gasteiger partial charge in [-0.25, -0.2) is 4.79 Å². The fourth-order valence-electron chi connectivity index (χ4n) is 1.20. The second-order valence-electron chi connectivity index (χ2n) is 3.25. The SMILES string of the molecule is CCOCCOCc1ccc(C(=O)O)cc1. The molecule has 0 fully saturated rings. The molecule has 0 heterocycles. The van der Waals surface area contributed by atoms with Crippen molar-refractivity contribution in [2.24, 2.45) is 0 Å². The molecule has 0 spiro atoms. The molecule has 0 aliphatic heterocycles. The number of ether oxygens (including phenoxy) is 2. The number of hydrogen-bond acceptors (Lipinski definition) is 3. The van der Waals surface area contributed by atoms with Crippen molar-refractivity contribution in [2.45, 2.75) is 13.5 Å². The van der Waals surface area contributed by atoms with Crippen LogP contribution in [-0.2, 0) is 16.1 Å². The lowest BCUT2D eigenvalue weighted by molar-refractivity contribution is 0.0453. The van der Waals surface area contributed by atoms with Gasteiger partial charge < -0.3 is 14.6 Å². The van der Waals surface area contributed by atoms with Gasteiger partial charge in [0.1, 0.15) is 0 Å². The van der Waals surface area contributed by atoms with Gasteiger partial charge in [0.2, 0.25) is 0 Å². The molecule has 1 aromatic rings. The smallest absolute Gasteiger partial charge is 0.335 e. The van der Waals surface area contributed by atoms with Crippen LogP contribution < -0.4 is 0 Å². The summed E-state index contributed by atoms with van der Waals surface area (Å²) in [4.78, 5) is 10.6. The van der Waals surface area contributed by atoms with E-state index in [1.54, 1.807) is 24.3 Å². The summed E-state index contributed by atoms with van der Waals surface area (Å²) < 4.78 is 10.5. The lowest BCUT2D eigenvalue weighted by Gasteiger charge is -2.04. The topological polar surface area (TPSA) is 55.8 Å². The third-order valence-corrected chi connectivity index (χ3v) is 2.05. The molecule has 1 N–H and O–H groups in total. The highest BCUT2D eigenvalue weighted by molar-refractivity contribution is 5.87. The van der Waals surface area contributed by atoms with Crippen molar-refractivity contribution in [3.63, 3.8) is 0 Å². The molecule has 1 aromatic carbocycles. The predicted molar refractivity (Wildman–Crippen MR) is 59.6 cm³/mol. The van der Waals surface area contributed by atoms with Crippen molar-refractivity contribution in [3.05, 3.63) is 35.4 Å². The average Bonchev–Trinajstić information content (AvgIpc) is 2.29. The zero-order valence-electron chi connectivity index (χ0n) is 9.31. The fraction of sp³-hybridized carbons (Fsp3) is 0.417. The molecule has 4 heteroatoms. The molecule has 0 atom stereocenters. The Labute approximate surface area is 94.8 Å². The van der Waals surface area contributed by atoms with Crippen LogP contribution >= 0.6 is 0 Å². The van der Waals surface area contributed by atoms with Crippen LogP contribution in [0.2, 0.25) is 0 Å². The highest BCUT2D eigenvalue weighted by Crippen LogP contribution is 2.05. The number of hydrogen-bond donors (Lipinski definition) is 1. The third-order valence-electron chi connectivity index (χ3n) is 2.05. The van der Waals surface area contributed by atoms with Gasteiger partial charge in [-0.15, -0.1) is 0 Å². The van der Waals surface area contributed by atoms with E-state index in [0.29, 0.717) is 26.4 Å². The molecule has 0 aromatic heterocycles. The van der Waals surface area contributed by atoms with E-state index in [0.717, 1.165) is 5.56 Å². The standard InChI is InChI=1S/C12H16O4/c1-2-15-7-8-16-9-10-3-5-11(6-4-10)12(13)14/h3-6H,2,7-9H2,1H3,(H,13,14). The number of rotatable bonds is 7. The van der Waals surface area contributed by atoms with Gasteiger partial charge in [-0.2, -0.15) is 0 Å². The summed E-state index contributed by atoms with van der Waals surface area (Å²) in [6.45, 7) is 4.24. The minimum Gasteiger partial charge on any atom is -0.478 e. The number of carbonyl (C=O) groups is 1. The highest BCUT2D eigenvalue weighted by Gasteiger charge is 2.01. The van der Waals surface area contributed by atoms with Crippen molar-refractivity contribution in [1.82, 2.24) is 0 Å². The van der Waals surface area contributed by atoms with Crippen LogP contribution in [0.5, 0.6) is 0 Å². The number of carboxylic acid groups (broad SMARTS) is 1. The molecule has 1 rings (SSSR count). The van der Waals surface area contributed by atoms with Gasteiger partial charge in [0.15, 0.2) is 0 Å². The van der Waals surface area contributed by atoms with Crippen LogP contribution in [0.15, 0.2) is 24.3 Å². The lowest BCUT2D eigenvalue weighted by atomic mass is 10.1. The minimum atomic E-state index is -0.913. The Balaban J connectivity index is 2.29. The van der Waals surface area contributed by atoms with Crippen LogP contribution in [0.1, 0.15) is 22.8 Å². The summed E-state index contributed by atoms with van der Waals surface area (Å²) in [5.41, 5.74) is 1.25. The number of aromatic carboxylic acids is 1. The van der Waals surface area contributed by atoms with Crippen molar-refractivity contribution in [3.8, 4) is 0 Å². The first kappa shape index (κ1) is 12.7.